The van der Waals surface area contributed by atoms with Gasteiger partial charge in [-0.2, -0.15) is 0 Å². The lowest BCUT2D eigenvalue weighted by Gasteiger charge is -2.02. The zero-order valence-electron chi connectivity index (χ0n) is 36.4. The van der Waals surface area contributed by atoms with Gasteiger partial charge in [0, 0.05) is 45.7 Å². The maximum atomic E-state index is 13.0. The third kappa shape index (κ3) is 20.9. The smallest absolute Gasteiger partial charge is 0.142 e. The summed E-state index contributed by atoms with van der Waals surface area (Å²) in [6.07, 6.45) is 0. The number of benzene rings is 5. The van der Waals surface area contributed by atoms with Crippen LogP contribution in [0.2, 0.25) is 5.02 Å². The lowest BCUT2D eigenvalue weighted by molar-refractivity contribution is 0.213. The second-order valence-corrected chi connectivity index (χ2v) is 16.1. The van der Waals surface area contributed by atoms with E-state index in [1.54, 1.807) is 40.0 Å². The van der Waals surface area contributed by atoms with E-state index >= 15 is 0 Å². The van der Waals surface area contributed by atoms with Crippen LogP contribution in [-0.4, -0.2) is 64.1 Å². The van der Waals surface area contributed by atoms with Crippen LogP contribution >= 0.6 is 75.3 Å². The van der Waals surface area contributed by atoms with Crippen molar-refractivity contribution in [2.45, 2.75) is 34.6 Å². The zero-order chi connectivity index (χ0) is 48.4. The summed E-state index contributed by atoms with van der Waals surface area (Å²) in [4.78, 5) is 23.0. The number of oxime groups is 5. The highest BCUT2D eigenvalue weighted by molar-refractivity contribution is 9.13. The molecule has 0 saturated carbocycles. The first-order valence-electron chi connectivity index (χ1n) is 18.3. The Bertz CT molecular complexity index is 2360. The fraction of sp³-hybridized carbons (Fsp3) is 0.222. The number of rotatable bonds is 10. The average molecular weight is 1170 g/mol. The highest BCUT2D eigenvalue weighted by Crippen LogP contribution is 2.24. The predicted molar refractivity (Wildman–Crippen MR) is 264 cm³/mol. The van der Waals surface area contributed by atoms with Gasteiger partial charge in [0.15, 0.2) is 0 Å². The molecule has 64 heavy (non-hydrogen) atoms. The van der Waals surface area contributed by atoms with E-state index in [4.69, 9.17) is 11.6 Å². The van der Waals surface area contributed by atoms with Crippen LogP contribution in [0.5, 0.6) is 0 Å². The van der Waals surface area contributed by atoms with Crippen molar-refractivity contribution < 1.29 is 41.7 Å². The van der Waals surface area contributed by atoms with Crippen LogP contribution in [-0.2, 0) is 24.2 Å². The molecule has 5 rings (SSSR count). The normalized spacial score (nSPS) is 11.5. The van der Waals surface area contributed by atoms with Gasteiger partial charge in [-0.15, -0.1) is 0 Å². The second kappa shape index (κ2) is 31.3. The number of nitrogens with zero attached hydrogens (tertiary/aromatic N) is 5. The molecule has 0 amide bonds. The van der Waals surface area contributed by atoms with Crippen molar-refractivity contribution in [2.75, 3.05) is 35.5 Å². The Kier molecular flexibility index (Phi) is 28.1. The molecule has 0 aliphatic heterocycles. The minimum absolute atomic E-state index is 0.106. The van der Waals surface area contributed by atoms with E-state index in [0.29, 0.717) is 27.2 Å². The summed E-state index contributed by atoms with van der Waals surface area (Å²) in [5.74, 6) is -1.74. The lowest BCUT2D eigenvalue weighted by Crippen LogP contribution is -2.00. The molecule has 0 aromatic heterocycles. The summed E-state index contributed by atoms with van der Waals surface area (Å²) in [5, 5.41) is 18.7. The van der Waals surface area contributed by atoms with Crippen molar-refractivity contribution in [2.24, 2.45) is 25.8 Å². The van der Waals surface area contributed by atoms with Gasteiger partial charge in [-0.05, 0) is 133 Å². The number of hydrogen-bond donors (Lipinski definition) is 0. The molecule has 0 aliphatic carbocycles. The van der Waals surface area contributed by atoms with E-state index in [2.05, 4.69) is 114 Å². The summed E-state index contributed by atoms with van der Waals surface area (Å²) in [7, 11) is 7.34. The van der Waals surface area contributed by atoms with E-state index in [1.165, 1.54) is 52.7 Å². The maximum absolute atomic E-state index is 13.0. The minimum Gasteiger partial charge on any atom is -0.399 e. The molecule has 0 heterocycles. The maximum Gasteiger partial charge on any atom is 0.142 e. The molecule has 0 radical (unpaired) electrons. The van der Waals surface area contributed by atoms with Crippen LogP contribution in [0, 0.1) is 23.3 Å². The fourth-order valence-corrected chi connectivity index (χ4v) is 6.64. The van der Waals surface area contributed by atoms with Gasteiger partial charge >= 0.3 is 0 Å². The Morgan fingerprint density at radius 3 is 1.33 bits per heavy atom. The SMILES string of the molecule is CO/N=C(\C)c1cc(F)ccc1F.CO/N=C(\C)c1ccc(Br)c(Br)c1.CO/N=C(\C)c1ccc(Cl)c(F)c1.CO/N=C(\C)c1ccc(F)cc1Br.CO/N=C(\C)c1ccccc1Br. The zero-order valence-corrected chi connectivity index (χ0v) is 43.5. The minimum atomic E-state index is -0.514. The van der Waals surface area contributed by atoms with Gasteiger partial charge in [-0.3, -0.25) is 0 Å². The van der Waals surface area contributed by atoms with Crippen LogP contribution in [0.25, 0.3) is 0 Å². The molecular weight excluding hydrogens is 1120 g/mol. The van der Waals surface area contributed by atoms with Gasteiger partial charge in [0.2, 0.25) is 0 Å². The molecule has 0 fully saturated rings. The van der Waals surface area contributed by atoms with Gasteiger partial charge in [0.05, 0.1) is 33.6 Å². The van der Waals surface area contributed by atoms with E-state index in [-0.39, 0.29) is 16.4 Å². The summed E-state index contributed by atoms with van der Waals surface area (Å²) in [6.45, 7) is 8.87. The number of halogens is 9. The fourth-order valence-electron chi connectivity index (χ4n) is 4.69. The molecule has 19 heteroatoms. The molecule has 0 aliphatic rings. The van der Waals surface area contributed by atoms with Crippen molar-refractivity contribution in [3.05, 3.63) is 171 Å². The highest BCUT2D eigenvalue weighted by Gasteiger charge is 2.08. The second-order valence-electron chi connectivity index (χ2n) is 12.3. The first-order chi connectivity index (χ1) is 30.3. The van der Waals surface area contributed by atoms with Gasteiger partial charge in [-0.25, -0.2) is 17.6 Å². The molecule has 5 aromatic carbocycles. The van der Waals surface area contributed by atoms with Crippen LogP contribution in [0.4, 0.5) is 17.6 Å². The first-order valence-corrected chi connectivity index (χ1v) is 21.9. The van der Waals surface area contributed by atoms with Crippen LogP contribution < -0.4 is 0 Å². The molecule has 5 aromatic rings. The standard InChI is InChI=1S/C9H9Br2NO.C9H9BrFNO.C9H10BrNO.C9H9ClFNO.C9H9F2NO/c1-6(12-13-2)7-3-4-8(10)9(11)5-7;1-6(12-13-2)8-4-3-7(11)5-9(8)10;1-7(11-12-2)8-5-3-4-6-9(8)10;1-6(12-13-2)7-3-4-8(10)9(11)5-7;1-6(12-13-2)8-5-7(10)3-4-9(8)11/h2*3-5H,1-2H3;3-6H,1-2H3;2*3-5H,1-2H3/b2*12-6+;11-7+;2*12-6+. The molecule has 0 N–H and O–H groups in total. The Balaban J connectivity index is 0.000000400. The molecule has 0 spiro atoms. The Hall–Kier alpha value is -4.62. The number of hydrogen-bond acceptors (Lipinski definition) is 10. The Labute approximate surface area is 409 Å². The van der Waals surface area contributed by atoms with Crippen LogP contribution in [0.15, 0.2) is 141 Å². The quantitative estimate of drug-likeness (QED) is 0.0786. The molecule has 344 valence electrons. The van der Waals surface area contributed by atoms with Crippen molar-refractivity contribution in [3.8, 4) is 0 Å². The van der Waals surface area contributed by atoms with E-state index in [9.17, 15) is 17.6 Å². The van der Waals surface area contributed by atoms with Crippen molar-refractivity contribution in [1.82, 2.24) is 0 Å². The molecule has 0 atom stereocenters. The van der Waals surface area contributed by atoms with E-state index < -0.39 is 17.5 Å². The summed E-state index contributed by atoms with van der Waals surface area (Å²) < 4.78 is 55.1. The van der Waals surface area contributed by atoms with Crippen molar-refractivity contribution >= 4 is 104 Å². The van der Waals surface area contributed by atoms with Gasteiger partial charge in [-0.1, -0.05) is 99.6 Å². The van der Waals surface area contributed by atoms with E-state index in [1.807, 2.05) is 56.3 Å². The Morgan fingerprint density at radius 2 is 0.844 bits per heavy atom. The third-order valence-corrected chi connectivity index (χ3v) is 11.3. The molecule has 10 nitrogen and oxygen atoms in total. The highest BCUT2D eigenvalue weighted by atomic mass is 79.9. The largest absolute Gasteiger partial charge is 0.399 e. The summed E-state index contributed by atoms with van der Waals surface area (Å²) in [5.41, 5.74) is 7.03. The average Bonchev–Trinajstić information content (AvgIpc) is 3.25. The van der Waals surface area contributed by atoms with Gasteiger partial charge in [0.1, 0.15) is 58.8 Å². The molecule has 0 saturated heterocycles. The van der Waals surface area contributed by atoms with E-state index in [0.717, 1.165) is 59.7 Å². The topological polar surface area (TPSA) is 108 Å². The first kappa shape index (κ1) is 57.4. The van der Waals surface area contributed by atoms with Crippen LogP contribution in [0.3, 0.4) is 0 Å². The molecular formula is C45H46Br4ClF4N5O5. The van der Waals surface area contributed by atoms with Crippen molar-refractivity contribution in [1.29, 1.82) is 0 Å². The van der Waals surface area contributed by atoms with Crippen molar-refractivity contribution in [3.63, 3.8) is 0 Å². The van der Waals surface area contributed by atoms with Crippen LogP contribution in [0.1, 0.15) is 62.4 Å². The van der Waals surface area contributed by atoms with Gasteiger partial charge < -0.3 is 24.2 Å². The monoisotopic (exact) mass is 1160 g/mol. The summed E-state index contributed by atoms with van der Waals surface area (Å²) >= 11 is 19.0. The molecule has 0 bridgehead atoms. The van der Waals surface area contributed by atoms with Gasteiger partial charge in [0.25, 0.3) is 0 Å². The summed E-state index contributed by atoms with van der Waals surface area (Å²) in [6, 6.07) is 25.9. The third-order valence-electron chi connectivity index (χ3n) is 7.72. The lowest BCUT2D eigenvalue weighted by atomic mass is 10.1. The molecule has 0 unspecified atom stereocenters. The Morgan fingerprint density at radius 1 is 0.406 bits per heavy atom. The predicted octanol–water partition coefficient (Wildman–Crippen LogP) is 14.5.